The predicted octanol–water partition coefficient (Wildman–Crippen LogP) is 2.33. The zero-order chi connectivity index (χ0) is 12.5. The Labute approximate surface area is 109 Å². The van der Waals surface area contributed by atoms with Crippen LogP contribution in [-0.4, -0.2) is 23.9 Å². The van der Waals surface area contributed by atoms with Crippen molar-refractivity contribution in [3.63, 3.8) is 0 Å². The van der Waals surface area contributed by atoms with Gasteiger partial charge in [0.05, 0.1) is 12.6 Å². The van der Waals surface area contributed by atoms with Gasteiger partial charge in [0.1, 0.15) is 0 Å². The van der Waals surface area contributed by atoms with Gasteiger partial charge >= 0.3 is 0 Å². The fourth-order valence-electron chi connectivity index (χ4n) is 2.59. The van der Waals surface area contributed by atoms with Crippen LogP contribution in [0.2, 0.25) is 0 Å². The molecule has 1 aliphatic carbocycles. The van der Waals surface area contributed by atoms with Crippen molar-refractivity contribution in [2.45, 2.75) is 32.2 Å². The Kier molecular flexibility index (Phi) is 2.98. The zero-order valence-electron chi connectivity index (χ0n) is 11.0. The highest BCUT2D eigenvalue weighted by Gasteiger charge is 2.32. The average Bonchev–Trinajstić information content (AvgIpc) is 3.15. The fraction of sp³-hybridized carbons (Fsp3) is 0.533. The van der Waals surface area contributed by atoms with Crippen molar-refractivity contribution in [3.05, 3.63) is 35.4 Å². The molecule has 0 saturated heterocycles. The SMILES string of the molecule is CCc1ccc(C2CN=C(N)N2CC2CC2)cc1. The maximum atomic E-state index is 6.01. The number of rotatable bonds is 4. The van der Waals surface area contributed by atoms with Gasteiger partial charge in [0.25, 0.3) is 0 Å². The lowest BCUT2D eigenvalue weighted by Gasteiger charge is -2.26. The summed E-state index contributed by atoms with van der Waals surface area (Å²) in [5, 5.41) is 0. The van der Waals surface area contributed by atoms with E-state index in [9.17, 15) is 0 Å². The summed E-state index contributed by atoms with van der Waals surface area (Å²) in [6, 6.07) is 9.27. The van der Waals surface area contributed by atoms with Crippen molar-refractivity contribution in [1.29, 1.82) is 0 Å². The molecule has 1 saturated carbocycles. The van der Waals surface area contributed by atoms with Crippen LogP contribution in [-0.2, 0) is 6.42 Å². The van der Waals surface area contributed by atoms with Gasteiger partial charge in [0, 0.05) is 6.54 Å². The smallest absolute Gasteiger partial charge is 0.191 e. The minimum Gasteiger partial charge on any atom is -0.370 e. The number of nitrogens with two attached hydrogens (primary N) is 1. The first-order valence-electron chi connectivity index (χ1n) is 6.93. The van der Waals surface area contributed by atoms with E-state index in [4.69, 9.17) is 5.73 Å². The summed E-state index contributed by atoms with van der Waals surface area (Å²) in [5.41, 5.74) is 8.75. The molecule has 3 nitrogen and oxygen atoms in total. The van der Waals surface area contributed by atoms with Crippen LogP contribution in [0.4, 0.5) is 0 Å². The van der Waals surface area contributed by atoms with E-state index >= 15 is 0 Å². The zero-order valence-corrected chi connectivity index (χ0v) is 11.0. The summed E-state index contributed by atoms with van der Waals surface area (Å²) in [4.78, 5) is 6.71. The van der Waals surface area contributed by atoms with Crippen molar-refractivity contribution in [3.8, 4) is 0 Å². The molecule has 3 rings (SSSR count). The minimum atomic E-state index is 0.358. The van der Waals surface area contributed by atoms with E-state index in [2.05, 4.69) is 41.1 Å². The number of benzene rings is 1. The fourth-order valence-corrected chi connectivity index (χ4v) is 2.59. The second-order valence-electron chi connectivity index (χ2n) is 5.41. The van der Waals surface area contributed by atoms with E-state index in [1.165, 1.54) is 24.0 Å². The van der Waals surface area contributed by atoms with Crippen LogP contribution in [0.15, 0.2) is 29.3 Å². The number of aliphatic imine (C=N–C) groups is 1. The lowest BCUT2D eigenvalue weighted by atomic mass is 10.0. The highest BCUT2D eigenvalue weighted by Crippen LogP contribution is 2.34. The van der Waals surface area contributed by atoms with Crippen LogP contribution in [0.1, 0.15) is 36.9 Å². The number of hydrogen-bond acceptors (Lipinski definition) is 3. The second kappa shape index (κ2) is 4.63. The molecule has 1 aromatic rings. The van der Waals surface area contributed by atoms with Crippen LogP contribution >= 0.6 is 0 Å². The first kappa shape index (κ1) is 11.6. The number of hydrogen-bond donors (Lipinski definition) is 1. The normalized spacial score (nSPS) is 23.3. The van der Waals surface area contributed by atoms with Gasteiger partial charge in [-0.1, -0.05) is 31.2 Å². The van der Waals surface area contributed by atoms with Crippen molar-refractivity contribution in [1.82, 2.24) is 4.90 Å². The second-order valence-corrected chi connectivity index (χ2v) is 5.41. The Morgan fingerprint density at radius 1 is 1.28 bits per heavy atom. The van der Waals surface area contributed by atoms with Gasteiger partial charge in [0.15, 0.2) is 5.96 Å². The molecule has 0 bridgehead atoms. The number of guanidine groups is 1. The summed E-state index contributed by atoms with van der Waals surface area (Å²) in [7, 11) is 0. The molecule has 0 amide bonds. The summed E-state index contributed by atoms with van der Waals surface area (Å²) >= 11 is 0. The summed E-state index contributed by atoms with van der Waals surface area (Å²) < 4.78 is 0. The molecule has 18 heavy (non-hydrogen) atoms. The van der Waals surface area contributed by atoms with Crippen molar-refractivity contribution in [2.24, 2.45) is 16.6 Å². The quantitative estimate of drug-likeness (QED) is 0.882. The molecular formula is C15H21N3. The lowest BCUT2D eigenvalue weighted by Crippen LogP contribution is -2.37. The van der Waals surface area contributed by atoms with Gasteiger partial charge in [-0.15, -0.1) is 0 Å². The Balaban J connectivity index is 1.77. The molecule has 1 unspecified atom stereocenters. The maximum Gasteiger partial charge on any atom is 0.191 e. The topological polar surface area (TPSA) is 41.6 Å². The third-order valence-corrected chi connectivity index (χ3v) is 4.02. The molecule has 1 atom stereocenters. The highest BCUT2D eigenvalue weighted by molar-refractivity contribution is 5.80. The number of aryl methyl sites for hydroxylation is 1. The van der Waals surface area contributed by atoms with Crippen LogP contribution in [0.5, 0.6) is 0 Å². The molecule has 1 heterocycles. The molecule has 2 N–H and O–H groups in total. The predicted molar refractivity (Wildman–Crippen MR) is 74.5 cm³/mol. The minimum absolute atomic E-state index is 0.358. The first-order valence-corrected chi connectivity index (χ1v) is 6.93. The van der Waals surface area contributed by atoms with Gasteiger partial charge in [0.2, 0.25) is 0 Å². The van der Waals surface area contributed by atoms with Crippen molar-refractivity contribution < 1.29 is 0 Å². The van der Waals surface area contributed by atoms with Gasteiger partial charge < -0.3 is 10.6 Å². The van der Waals surface area contributed by atoms with Crippen molar-refractivity contribution >= 4 is 5.96 Å². The Hall–Kier alpha value is -1.51. The van der Waals surface area contributed by atoms with E-state index in [1.807, 2.05) is 0 Å². The Bertz CT molecular complexity index is 445. The van der Waals surface area contributed by atoms with E-state index in [1.54, 1.807) is 0 Å². The van der Waals surface area contributed by atoms with Gasteiger partial charge in [-0.2, -0.15) is 0 Å². The molecule has 0 spiro atoms. The van der Waals surface area contributed by atoms with E-state index in [0.29, 0.717) is 6.04 Å². The van der Waals surface area contributed by atoms with E-state index < -0.39 is 0 Å². The molecule has 1 aliphatic heterocycles. The summed E-state index contributed by atoms with van der Waals surface area (Å²) in [5.74, 6) is 1.57. The van der Waals surface area contributed by atoms with Crippen LogP contribution < -0.4 is 5.73 Å². The Morgan fingerprint density at radius 2 is 2.00 bits per heavy atom. The first-order chi connectivity index (χ1) is 8.78. The largest absolute Gasteiger partial charge is 0.370 e. The van der Waals surface area contributed by atoms with Gasteiger partial charge in [-0.05, 0) is 36.3 Å². The summed E-state index contributed by atoms with van der Waals surface area (Å²) in [6.07, 6.45) is 3.80. The Morgan fingerprint density at radius 3 is 2.61 bits per heavy atom. The number of nitrogens with zero attached hydrogens (tertiary/aromatic N) is 2. The monoisotopic (exact) mass is 243 g/mol. The average molecular weight is 243 g/mol. The molecule has 2 aliphatic rings. The van der Waals surface area contributed by atoms with Crippen molar-refractivity contribution in [2.75, 3.05) is 13.1 Å². The maximum absolute atomic E-state index is 6.01. The summed E-state index contributed by atoms with van der Waals surface area (Å²) in [6.45, 7) is 4.07. The van der Waals surface area contributed by atoms with Gasteiger partial charge in [-0.3, -0.25) is 4.99 Å². The molecule has 1 fully saturated rings. The molecule has 96 valence electrons. The third kappa shape index (κ3) is 2.22. The molecule has 0 radical (unpaired) electrons. The lowest BCUT2D eigenvalue weighted by molar-refractivity contribution is 0.333. The molecule has 3 heteroatoms. The molecule has 0 aromatic heterocycles. The van der Waals surface area contributed by atoms with Crippen LogP contribution in [0.3, 0.4) is 0 Å². The van der Waals surface area contributed by atoms with E-state index in [0.717, 1.165) is 31.4 Å². The standard InChI is InChI=1S/C15H21N3/c1-2-11-5-7-13(8-6-11)14-9-17-15(16)18(14)10-12-3-4-12/h5-8,12,14H,2-4,9-10H2,1H3,(H2,16,17). The van der Waals surface area contributed by atoms with Gasteiger partial charge in [-0.25, -0.2) is 0 Å². The third-order valence-electron chi connectivity index (χ3n) is 4.02. The van der Waals surface area contributed by atoms with E-state index in [-0.39, 0.29) is 0 Å². The van der Waals surface area contributed by atoms with Crippen LogP contribution in [0, 0.1) is 5.92 Å². The molecule has 1 aromatic carbocycles. The molecular weight excluding hydrogens is 222 g/mol. The van der Waals surface area contributed by atoms with Crippen LogP contribution in [0.25, 0.3) is 0 Å². The highest BCUT2D eigenvalue weighted by atomic mass is 15.3.